The molecule has 0 heterocycles. The van der Waals surface area contributed by atoms with Gasteiger partial charge in [-0.3, -0.25) is 14.9 Å². The highest BCUT2D eigenvalue weighted by Crippen LogP contribution is 2.19. The first-order chi connectivity index (χ1) is 8.29. The number of sulfone groups is 1. The van der Waals surface area contributed by atoms with Gasteiger partial charge >= 0.3 is 0 Å². The topological polar surface area (TPSA) is 94.3 Å². The Balaban J connectivity index is 3.12. The number of nitro benzene ring substituents is 1. The molecule has 1 aromatic rings. The lowest BCUT2D eigenvalue weighted by Crippen LogP contribution is -2.26. The Labute approximate surface area is 109 Å². The summed E-state index contributed by atoms with van der Waals surface area (Å²) in [6, 6.07) is 4.79. The Hall–Kier alpha value is -1.47. The van der Waals surface area contributed by atoms with Crippen LogP contribution < -0.4 is 0 Å². The molecule has 0 saturated carbocycles. The first-order valence-corrected chi connectivity index (χ1v) is 7.09. The van der Waals surface area contributed by atoms with Gasteiger partial charge in [0.2, 0.25) is 0 Å². The Bertz CT molecular complexity index is 584. The number of nitrogens with zero attached hydrogens (tertiary/aromatic N) is 1. The minimum absolute atomic E-state index is 0.0961. The standard InChI is InChI=1S/C10H10ClNO5S/c1-2-18(16,17)10(11)9(13)7-4-3-5-8(6-7)12(14)15/h3-6,10H,2H2,1H3/t10-/m1/s1. The number of carbonyl (C=O) groups is 1. The van der Waals surface area contributed by atoms with Crippen molar-refractivity contribution in [2.45, 2.75) is 11.6 Å². The fourth-order valence-corrected chi connectivity index (χ4v) is 2.47. The molecule has 0 N–H and O–H groups in total. The highest BCUT2D eigenvalue weighted by Gasteiger charge is 2.30. The molecule has 0 unspecified atom stereocenters. The maximum atomic E-state index is 11.8. The normalized spacial score (nSPS) is 13.0. The number of ketones is 1. The minimum Gasteiger partial charge on any atom is -0.291 e. The van der Waals surface area contributed by atoms with Crippen molar-refractivity contribution in [1.82, 2.24) is 0 Å². The maximum absolute atomic E-state index is 11.8. The van der Waals surface area contributed by atoms with E-state index in [0.717, 1.165) is 6.07 Å². The number of Topliss-reactive ketones (excluding diaryl/α,β-unsaturated/α-hetero) is 1. The van der Waals surface area contributed by atoms with Gasteiger partial charge in [-0.2, -0.15) is 0 Å². The molecule has 6 nitrogen and oxygen atoms in total. The van der Waals surface area contributed by atoms with Gasteiger partial charge in [0.1, 0.15) is 0 Å². The van der Waals surface area contributed by atoms with E-state index in [1.165, 1.54) is 25.1 Å². The average molecular weight is 292 g/mol. The molecule has 1 rings (SSSR count). The number of alkyl halides is 1. The molecule has 0 amide bonds. The number of rotatable bonds is 5. The van der Waals surface area contributed by atoms with Gasteiger partial charge in [-0.1, -0.05) is 30.7 Å². The second kappa shape index (κ2) is 5.45. The van der Waals surface area contributed by atoms with E-state index in [0.29, 0.717) is 0 Å². The van der Waals surface area contributed by atoms with Gasteiger partial charge in [-0.25, -0.2) is 8.42 Å². The Morgan fingerprint density at radius 3 is 2.61 bits per heavy atom. The lowest BCUT2D eigenvalue weighted by atomic mass is 10.1. The quantitative estimate of drug-likeness (QED) is 0.357. The number of nitro groups is 1. The van der Waals surface area contributed by atoms with E-state index in [2.05, 4.69) is 0 Å². The Morgan fingerprint density at radius 2 is 2.11 bits per heavy atom. The van der Waals surface area contributed by atoms with E-state index >= 15 is 0 Å². The third-order valence-electron chi connectivity index (χ3n) is 2.27. The molecule has 0 aromatic heterocycles. The summed E-state index contributed by atoms with van der Waals surface area (Å²) in [7, 11) is -3.73. The van der Waals surface area contributed by atoms with E-state index in [-0.39, 0.29) is 17.0 Å². The van der Waals surface area contributed by atoms with E-state index in [1.54, 1.807) is 0 Å². The zero-order chi connectivity index (χ0) is 13.9. The summed E-state index contributed by atoms with van der Waals surface area (Å²) in [6.07, 6.45) is 0. The molecule has 1 atom stereocenters. The highest BCUT2D eigenvalue weighted by atomic mass is 35.5. The smallest absolute Gasteiger partial charge is 0.270 e. The van der Waals surface area contributed by atoms with Crippen molar-refractivity contribution in [2.24, 2.45) is 0 Å². The molecular weight excluding hydrogens is 282 g/mol. The van der Waals surface area contributed by atoms with Crippen LogP contribution in [0.2, 0.25) is 0 Å². The van der Waals surface area contributed by atoms with Gasteiger partial charge in [0.15, 0.2) is 20.3 Å². The first-order valence-electron chi connectivity index (χ1n) is 4.94. The van der Waals surface area contributed by atoms with Gasteiger partial charge in [-0.05, 0) is 0 Å². The largest absolute Gasteiger partial charge is 0.291 e. The van der Waals surface area contributed by atoms with Crippen LogP contribution in [-0.4, -0.2) is 29.6 Å². The van der Waals surface area contributed by atoms with Crippen LogP contribution in [0.1, 0.15) is 17.3 Å². The summed E-state index contributed by atoms with van der Waals surface area (Å²) in [5, 5.41) is 10.5. The van der Waals surface area contributed by atoms with Gasteiger partial charge in [0.05, 0.1) is 4.92 Å². The van der Waals surface area contributed by atoms with E-state index < -0.39 is 25.3 Å². The maximum Gasteiger partial charge on any atom is 0.270 e. The van der Waals surface area contributed by atoms with Crippen LogP contribution in [0.15, 0.2) is 24.3 Å². The first kappa shape index (κ1) is 14.6. The number of halogens is 1. The molecule has 18 heavy (non-hydrogen) atoms. The van der Waals surface area contributed by atoms with Crippen molar-refractivity contribution in [1.29, 1.82) is 0 Å². The second-order valence-corrected chi connectivity index (χ2v) is 6.51. The summed E-state index contributed by atoms with van der Waals surface area (Å²) < 4.78 is 21.2. The number of benzene rings is 1. The van der Waals surface area contributed by atoms with E-state index in [1.807, 2.05) is 0 Å². The third-order valence-corrected chi connectivity index (χ3v) is 4.93. The molecule has 0 aliphatic heterocycles. The SMILES string of the molecule is CCS(=O)(=O)[C@@H](Cl)C(=O)c1cccc([N+](=O)[O-])c1. The molecule has 0 saturated heterocycles. The molecular formula is C10H10ClNO5S. The average Bonchev–Trinajstić information content (AvgIpc) is 2.37. The summed E-state index contributed by atoms with van der Waals surface area (Å²) in [4.78, 5) is 21.7. The van der Waals surface area contributed by atoms with E-state index in [9.17, 15) is 23.3 Å². The van der Waals surface area contributed by atoms with Crippen LogP contribution in [-0.2, 0) is 9.84 Å². The summed E-state index contributed by atoms with van der Waals surface area (Å²) >= 11 is 5.58. The fourth-order valence-electron chi connectivity index (χ4n) is 1.21. The van der Waals surface area contributed by atoms with Crippen LogP contribution in [0.4, 0.5) is 5.69 Å². The van der Waals surface area contributed by atoms with Gasteiger partial charge < -0.3 is 0 Å². The highest BCUT2D eigenvalue weighted by molar-refractivity contribution is 7.94. The molecule has 0 aliphatic carbocycles. The van der Waals surface area contributed by atoms with Crippen molar-refractivity contribution in [3.63, 3.8) is 0 Å². The zero-order valence-corrected chi connectivity index (χ0v) is 10.9. The summed E-state index contributed by atoms with van der Waals surface area (Å²) in [5.74, 6) is -1.14. The lowest BCUT2D eigenvalue weighted by molar-refractivity contribution is -0.384. The molecule has 0 radical (unpaired) electrons. The summed E-state index contributed by atoms with van der Waals surface area (Å²) in [6.45, 7) is 1.37. The number of hydrogen-bond acceptors (Lipinski definition) is 5. The second-order valence-electron chi connectivity index (χ2n) is 3.44. The lowest BCUT2D eigenvalue weighted by Gasteiger charge is -2.08. The van der Waals surface area contributed by atoms with Gasteiger partial charge in [0, 0.05) is 23.4 Å². The number of carbonyl (C=O) groups excluding carboxylic acids is 1. The Kier molecular flexibility index (Phi) is 4.42. The van der Waals surface area contributed by atoms with Crippen LogP contribution in [0.25, 0.3) is 0 Å². The van der Waals surface area contributed by atoms with Crippen molar-refractivity contribution in [2.75, 3.05) is 5.75 Å². The number of non-ortho nitro benzene ring substituents is 1. The van der Waals surface area contributed by atoms with Crippen LogP contribution in [0.3, 0.4) is 0 Å². The van der Waals surface area contributed by atoms with Crippen LogP contribution in [0, 0.1) is 10.1 Å². The van der Waals surface area contributed by atoms with E-state index in [4.69, 9.17) is 11.6 Å². The molecule has 0 aliphatic rings. The summed E-state index contributed by atoms with van der Waals surface area (Å²) in [5.41, 5.74) is -0.389. The monoisotopic (exact) mass is 291 g/mol. The fraction of sp³-hybridized carbons (Fsp3) is 0.300. The van der Waals surface area contributed by atoms with Crippen molar-refractivity contribution >= 4 is 32.9 Å². The molecule has 0 spiro atoms. The molecule has 0 fully saturated rings. The minimum atomic E-state index is -3.73. The van der Waals surface area contributed by atoms with Crippen molar-refractivity contribution in [3.8, 4) is 0 Å². The predicted molar refractivity (Wildman–Crippen MR) is 66.5 cm³/mol. The van der Waals surface area contributed by atoms with Gasteiger partial charge in [0.25, 0.3) is 5.69 Å². The zero-order valence-electron chi connectivity index (χ0n) is 9.37. The Morgan fingerprint density at radius 1 is 1.50 bits per heavy atom. The molecule has 1 aromatic carbocycles. The number of hydrogen-bond donors (Lipinski definition) is 0. The molecule has 8 heteroatoms. The predicted octanol–water partition coefficient (Wildman–Crippen LogP) is 1.78. The van der Waals surface area contributed by atoms with Gasteiger partial charge in [-0.15, -0.1) is 0 Å². The molecule has 0 bridgehead atoms. The van der Waals surface area contributed by atoms with Crippen molar-refractivity contribution < 1.29 is 18.1 Å². The van der Waals surface area contributed by atoms with Crippen molar-refractivity contribution in [3.05, 3.63) is 39.9 Å². The molecule has 98 valence electrons. The van der Waals surface area contributed by atoms with Crippen LogP contribution >= 0.6 is 11.6 Å². The third kappa shape index (κ3) is 3.05. The van der Waals surface area contributed by atoms with Crippen LogP contribution in [0.5, 0.6) is 0 Å².